The van der Waals surface area contributed by atoms with Crippen molar-refractivity contribution in [3.8, 4) is 0 Å². The minimum absolute atomic E-state index is 0.219. The van der Waals surface area contributed by atoms with Crippen LogP contribution in [0, 0.1) is 10.1 Å². The fourth-order valence-electron chi connectivity index (χ4n) is 2.30. The fourth-order valence-corrected chi connectivity index (χ4v) is 2.30. The van der Waals surface area contributed by atoms with Crippen LogP contribution in [0.15, 0.2) is 35.3 Å². The minimum Gasteiger partial charge on any atom is -0.473 e. The summed E-state index contributed by atoms with van der Waals surface area (Å²) in [6, 6.07) is 8.94. The van der Waals surface area contributed by atoms with Crippen LogP contribution < -0.4 is 0 Å². The third-order valence-corrected chi connectivity index (χ3v) is 3.39. The molecule has 19 heavy (non-hydrogen) atoms. The highest BCUT2D eigenvalue weighted by molar-refractivity contribution is 5.88. The second-order valence-corrected chi connectivity index (χ2v) is 5.36. The molecule has 5 nitrogen and oxygen atoms in total. The number of nitrogens with zero attached hydrogens (tertiary/aromatic N) is 2. The molecule has 0 spiro atoms. The van der Waals surface area contributed by atoms with Gasteiger partial charge in [-0.15, -0.1) is 0 Å². The molecule has 5 heteroatoms. The Labute approximate surface area is 112 Å². The second kappa shape index (κ2) is 4.64. The third kappa shape index (κ3) is 2.20. The summed E-state index contributed by atoms with van der Waals surface area (Å²) < 4.78 is 5.55. The first kappa shape index (κ1) is 13.5. The zero-order chi connectivity index (χ0) is 14.1. The molecular weight excluding hydrogens is 244 g/mol. The normalized spacial score (nSPS) is 20.3. The number of hydrogen-bond donors (Lipinski definition) is 0. The molecule has 102 valence electrons. The average molecular weight is 262 g/mol. The number of benzene rings is 1. The van der Waals surface area contributed by atoms with Gasteiger partial charge in [-0.05, 0) is 13.8 Å². The van der Waals surface area contributed by atoms with Crippen molar-refractivity contribution >= 4 is 5.90 Å². The molecule has 1 aliphatic heterocycles. The smallest absolute Gasteiger partial charge is 0.320 e. The Kier molecular flexibility index (Phi) is 3.30. The van der Waals surface area contributed by atoms with E-state index in [9.17, 15) is 10.1 Å². The lowest BCUT2D eigenvalue weighted by Gasteiger charge is -2.23. The Morgan fingerprint density at radius 3 is 2.47 bits per heavy atom. The quantitative estimate of drug-likeness (QED) is 0.619. The summed E-state index contributed by atoms with van der Waals surface area (Å²) in [7, 11) is 0. The van der Waals surface area contributed by atoms with Gasteiger partial charge in [0.2, 0.25) is 0 Å². The molecule has 1 heterocycles. The molecule has 0 fully saturated rings. The molecule has 0 aromatic heterocycles. The molecule has 0 saturated carbocycles. The van der Waals surface area contributed by atoms with Crippen LogP contribution in [0.3, 0.4) is 0 Å². The standard InChI is InChI=1S/C14H18N2O3/c1-4-14(16(17)18,11-8-6-5-7-9-11)12-15-13(2,3)10-19-12/h5-9H,4,10H2,1-3H3. The molecular formula is C14H18N2O3. The molecule has 1 aliphatic rings. The summed E-state index contributed by atoms with van der Waals surface area (Å²) in [5.74, 6) is 0.219. The number of aliphatic imine (C=N–C) groups is 1. The van der Waals surface area contributed by atoms with Gasteiger partial charge < -0.3 is 4.74 Å². The van der Waals surface area contributed by atoms with Gasteiger partial charge in [0.15, 0.2) is 0 Å². The molecule has 0 saturated heterocycles. The molecule has 0 N–H and O–H groups in total. The van der Waals surface area contributed by atoms with E-state index in [0.717, 1.165) is 0 Å². The van der Waals surface area contributed by atoms with E-state index in [4.69, 9.17) is 4.74 Å². The largest absolute Gasteiger partial charge is 0.473 e. The van der Waals surface area contributed by atoms with Crippen LogP contribution in [0.4, 0.5) is 0 Å². The predicted molar refractivity (Wildman–Crippen MR) is 72.9 cm³/mol. The van der Waals surface area contributed by atoms with Gasteiger partial charge in [0.1, 0.15) is 6.61 Å². The molecule has 1 atom stereocenters. The third-order valence-electron chi connectivity index (χ3n) is 3.39. The van der Waals surface area contributed by atoms with Gasteiger partial charge in [-0.1, -0.05) is 37.3 Å². The SMILES string of the molecule is CCC(C1=NC(C)(C)CO1)(c1ccccc1)[N+](=O)[O-]. The van der Waals surface area contributed by atoms with E-state index >= 15 is 0 Å². The predicted octanol–water partition coefficient (Wildman–Crippen LogP) is 2.78. The lowest BCUT2D eigenvalue weighted by atomic mass is 9.87. The van der Waals surface area contributed by atoms with E-state index < -0.39 is 11.1 Å². The highest BCUT2D eigenvalue weighted by Crippen LogP contribution is 2.35. The summed E-state index contributed by atoms with van der Waals surface area (Å²) in [4.78, 5) is 15.8. The van der Waals surface area contributed by atoms with Crippen molar-refractivity contribution < 1.29 is 9.66 Å². The zero-order valence-electron chi connectivity index (χ0n) is 11.4. The molecule has 2 rings (SSSR count). The van der Waals surface area contributed by atoms with E-state index in [1.165, 1.54) is 0 Å². The van der Waals surface area contributed by atoms with Crippen molar-refractivity contribution in [3.63, 3.8) is 0 Å². The van der Waals surface area contributed by atoms with Crippen LogP contribution in [0.5, 0.6) is 0 Å². The first-order chi connectivity index (χ1) is 8.92. The van der Waals surface area contributed by atoms with E-state index in [0.29, 0.717) is 18.6 Å². The average Bonchev–Trinajstić information content (AvgIpc) is 2.73. The van der Waals surface area contributed by atoms with Gasteiger partial charge in [0.25, 0.3) is 5.90 Å². The summed E-state index contributed by atoms with van der Waals surface area (Å²) in [5.41, 5.74) is -1.17. The van der Waals surface area contributed by atoms with Gasteiger partial charge >= 0.3 is 5.54 Å². The number of nitro groups is 1. The molecule has 0 aliphatic carbocycles. The van der Waals surface area contributed by atoms with E-state index in [-0.39, 0.29) is 10.8 Å². The van der Waals surface area contributed by atoms with Crippen molar-refractivity contribution in [2.75, 3.05) is 6.61 Å². The van der Waals surface area contributed by atoms with Crippen molar-refractivity contribution in [1.82, 2.24) is 0 Å². The molecule has 0 bridgehead atoms. The molecule has 1 unspecified atom stereocenters. The van der Waals surface area contributed by atoms with E-state index in [1.807, 2.05) is 19.9 Å². The first-order valence-corrected chi connectivity index (χ1v) is 6.35. The summed E-state index contributed by atoms with van der Waals surface area (Å²) in [6.07, 6.45) is 0.304. The van der Waals surface area contributed by atoms with Crippen LogP contribution in [0.1, 0.15) is 32.8 Å². The molecule has 1 aromatic rings. The highest BCUT2D eigenvalue weighted by atomic mass is 16.6. The van der Waals surface area contributed by atoms with E-state index in [2.05, 4.69) is 4.99 Å². The van der Waals surface area contributed by atoms with E-state index in [1.54, 1.807) is 31.2 Å². The number of hydrogen-bond acceptors (Lipinski definition) is 4. The molecule has 0 radical (unpaired) electrons. The van der Waals surface area contributed by atoms with Crippen molar-refractivity contribution in [2.24, 2.45) is 4.99 Å². The van der Waals surface area contributed by atoms with Crippen LogP contribution >= 0.6 is 0 Å². The molecule has 0 amide bonds. The minimum atomic E-state index is -1.38. The first-order valence-electron chi connectivity index (χ1n) is 6.35. The lowest BCUT2D eigenvalue weighted by molar-refractivity contribution is -0.559. The Hall–Kier alpha value is -1.91. The van der Waals surface area contributed by atoms with Gasteiger partial charge in [-0.3, -0.25) is 10.1 Å². The maximum absolute atomic E-state index is 11.7. The maximum Gasteiger partial charge on any atom is 0.320 e. The summed E-state index contributed by atoms with van der Waals surface area (Å²) >= 11 is 0. The fraction of sp³-hybridized carbons (Fsp3) is 0.500. The van der Waals surface area contributed by atoms with Crippen LogP contribution in [0.2, 0.25) is 0 Å². The topological polar surface area (TPSA) is 64.7 Å². The van der Waals surface area contributed by atoms with Crippen LogP contribution in [-0.2, 0) is 10.3 Å². The lowest BCUT2D eigenvalue weighted by Crippen LogP contribution is -2.43. The maximum atomic E-state index is 11.7. The van der Waals surface area contributed by atoms with Crippen LogP contribution in [0.25, 0.3) is 0 Å². The second-order valence-electron chi connectivity index (χ2n) is 5.36. The van der Waals surface area contributed by atoms with Gasteiger partial charge in [-0.25, -0.2) is 4.99 Å². The number of rotatable bonds is 4. The van der Waals surface area contributed by atoms with Gasteiger partial charge in [0.05, 0.1) is 5.54 Å². The summed E-state index contributed by atoms with van der Waals surface area (Å²) in [6.45, 7) is 5.98. The zero-order valence-corrected chi connectivity index (χ0v) is 11.4. The summed E-state index contributed by atoms with van der Waals surface area (Å²) in [5, 5.41) is 11.7. The van der Waals surface area contributed by atoms with Gasteiger partial charge in [0, 0.05) is 16.9 Å². The van der Waals surface area contributed by atoms with Crippen molar-refractivity contribution in [1.29, 1.82) is 0 Å². The van der Waals surface area contributed by atoms with Gasteiger partial charge in [-0.2, -0.15) is 0 Å². The molecule has 1 aromatic carbocycles. The van der Waals surface area contributed by atoms with Crippen molar-refractivity contribution in [2.45, 2.75) is 38.3 Å². The Morgan fingerprint density at radius 1 is 1.42 bits per heavy atom. The van der Waals surface area contributed by atoms with Crippen molar-refractivity contribution in [3.05, 3.63) is 46.0 Å². The Balaban J connectivity index is 2.57. The van der Waals surface area contributed by atoms with Crippen LogP contribution in [-0.4, -0.2) is 23.0 Å². The number of ether oxygens (including phenoxy) is 1. The Morgan fingerprint density at radius 2 is 2.05 bits per heavy atom. The highest BCUT2D eigenvalue weighted by Gasteiger charge is 2.53. The Bertz CT molecular complexity index is 511. The monoisotopic (exact) mass is 262 g/mol.